The van der Waals surface area contributed by atoms with Gasteiger partial charge in [0.1, 0.15) is 16.7 Å². The van der Waals surface area contributed by atoms with Gasteiger partial charge in [0.05, 0.1) is 16.8 Å². The normalized spacial score (nSPS) is 15.9. The molecule has 1 aliphatic heterocycles. The van der Waals surface area contributed by atoms with Gasteiger partial charge >= 0.3 is 0 Å². The first-order valence-corrected chi connectivity index (χ1v) is 11.3. The van der Waals surface area contributed by atoms with Crippen LogP contribution in [-0.2, 0) is 10.0 Å². The van der Waals surface area contributed by atoms with Gasteiger partial charge in [-0.25, -0.2) is 8.42 Å². The van der Waals surface area contributed by atoms with Crippen LogP contribution < -0.4 is 4.90 Å². The molecule has 4 rings (SSSR count). The number of halogens is 1. The number of fused-ring (bicyclic) bond motifs is 1. The Labute approximate surface area is 179 Å². The molecule has 0 aliphatic carbocycles. The third-order valence-corrected chi connectivity index (χ3v) is 7.64. The van der Waals surface area contributed by atoms with Crippen LogP contribution in [0.1, 0.15) is 23.4 Å². The Kier molecular flexibility index (Phi) is 5.40. The zero-order valence-electron chi connectivity index (χ0n) is 16.6. The van der Waals surface area contributed by atoms with E-state index in [1.807, 2.05) is 11.0 Å². The van der Waals surface area contributed by atoms with E-state index in [1.165, 1.54) is 4.31 Å². The molecular weight excluding hydrogens is 426 g/mol. The second kappa shape index (κ2) is 7.87. The number of pyridine rings is 1. The number of hydrogen-bond donors (Lipinski definition) is 0. The second-order valence-electron chi connectivity index (χ2n) is 7.19. The largest absolute Gasteiger partial charge is 0.368 e. The van der Waals surface area contributed by atoms with Crippen molar-refractivity contribution in [3.63, 3.8) is 0 Å². The fourth-order valence-corrected chi connectivity index (χ4v) is 5.84. The maximum absolute atomic E-state index is 13.2. The first-order valence-electron chi connectivity index (χ1n) is 9.49. The molecule has 1 saturated heterocycles. The van der Waals surface area contributed by atoms with E-state index in [0.29, 0.717) is 42.3 Å². The number of nitrogens with zero attached hydrogens (tertiary/aromatic N) is 5. The van der Waals surface area contributed by atoms with Crippen molar-refractivity contribution in [3.8, 4) is 6.07 Å². The number of aromatic nitrogens is 2. The van der Waals surface area contributed by atoms with E-state index in [0.717, 1.165) is 16.6 Å². The van der Waals surface area contributed by atoms with Gasteiger partial charge in [0.25, 0.3) is 0 Å². The third kappa shape index (κ3) is 3.51. The average Bonchev–Trinajstić information content (AvgIpc) is 2.92. The van der Waals surface area contributed by atoms with Crippen molar-refractivity contribution in [2.24, 2.45) is 0 Å². The minimum Gasteiger partial charge on any atom is -0.368 e. The molecule has 1 fully saturated rings. The first-order chi connectivity index (χ1) is 14.3. The van der Waals surface area contributed by atoms with Crippen molar-refractivity contribution in [1.29, 1.82) is 5.26 Å². The molecular formula is C20H20ClN5O3S. The Bertz CT molecular complexity index is 1250. The van der Waals surface area contributed by atoms with Gasteiger partial charge < -0.3 is 9.42 Å². The van der Waals surface area contributed by atoms with Crippen LogP contribution >= 0.6 is 11.6 Å². The van der Waals surface area contributed by atoms with Crippen LogP contribution in [0.4, 0.5) is 5.69 Å². The van der Waals surface area contributed by atoms with E-state index < -0.39 is 10.0 Å². The molecule has 30 heavy (non-hydrogen) atoms. The van der Waals surface area contributed by atoms with Gasteiger partial charge in [-0.05, 0) is 38.5 Å². The summed E-state index contributed by atoms with van der Waals surface area (Å²) < 4.78 is 32.9. The quantitative estimate of drug-likeness (QED) is 0.609. The second-order valence-corrected chi connectivity index (χ2v) is 9.50. The molecule has 0 radical (unpaired) electrons. The summed E-state index contributed by atoms with van der Waals surface area (Å²) >= 11 is 6.20. The Hall–Kier alpha value is -2.67. The summed E-state index contributed by atoms with van der Waals surface area (Å²) in [6.45, 7) is 4.91. The van der Waals surface area contributed by atoms with Crippen LogP contribution in [0.3, 0.4) is 0 Å². The predicted molar refractivity (Wildman–Crippen MR) is 113 cm³/mol. The van der Waals surface area contributed by atoms with Gasteiger partial charge in [0.2, 0.25) is 10.0 Å². The molecule has 1 aliphatic rings. The summed E-state index contributed by atoms with van der Waals surface area (Å²) in [4.78, 5) is 6.53. The maximum atomic E-state index is 13.2. The number of anilines is 1. The standard InChI is InChI=1S/C20H20ClN5O3S/c1-13-20(14(2)29-24-13)30(27,28)26-7-3-6-25(8-9-26)19-15(11-22)12-23-18-5-4-16(21)10-17(18)19/h4-5,10,12H,3,6-9H2,1-2H3. The van der Waals surface area contributed by atoms with E-state index >= 15 is 0 Å². The van der Waals surface area contributed by atoms with E-state index in [2.05, 4.69) is 16.2 Å². The molecule has 0 unspecified atom stereocenters. The van der Waals surface area contributed by atoms with Gasteiger partial charge in [0.15, 0.2) is 5.76 Å². The number of benzene rings is 1. The van der Waals surface area contributed by atoms with Gasteiger partial charge in [-0.3, -0.25) is 4.98 Å². The SMILES string of the molecule is Cc1noc(C)c1S(=O)(=O)N1CCCN(c2c(C#N)cnc3ccc(Cl)cc23)CC1. The molecule has 2 aromatic heterocycles. The van der Waals surface area contributed by atoms with Crippen molar-refractivity contribution in [2.75, 3.05) is 31.1 Å². The molecule has 156 valence electrons. The summed E-state index contributed by atoms with van der Waals surface area (Å²) in [6, 6.07) is 7.57. The highest BCUT2D eigenvalue weighted by atomic mass is 35.5. The van der Waals surface area contributed by atoms with E-state index in [-0.39, 0.29) is 17.2 Å². The van der Waals surface area contributed by atoms with Crippen LogP contribution in [0.15, 0.2) is 33.8 Å². The monoisotopic (exact) mass is 445 g/mol. The molecule has 3 aromatic rings. The Morgan fingerprint density at radius 3 is 2.70 bits per heavy atom. The summed E-state index contributed by atoms with van der Waals surface area (Å²) in [5.74, 6) is 0.287. The average molecular weight is 446 g/mol. The molecule has 0 spiro atoms. The lowest BCUT2D eigenvalue weighted by Gasteiger charge is -2.25. The molecule has 1 aromatic carbocycles. The lowest BCUT2D eigenvalue weighted by molar-refractivity contribution is 0.389. The summed E-state index contributed by atoms with van der Waals surface area (Å²) in [6.07, 6.45) is 2.16. The van der Waals surface area contributed by atoms with Gasteiger partial charge in [-0.15, -0.1) is 0 Å². The van der Waals surface area contributed by atoms with Crippen LogP contribution in [0, 0.1) is 25.2 Å². The lowest BCUT2D eigenvalue weighted by Crippen LogP contribution is -2.35. The van der Waals surface area contributed by atoms with E-state index in [9.17, 15) is 13.7 Å². The fourth-order valence-electron chi connectivity index (χ4n) is 3.90. The Morgan fingerprint density at radius 1 is 1.20 bits per heavy atom. The molecule has 8 nitrogen and oxygen atoms in total. The van der Waals surface area contributed by atoms with E-state index in [1.54, 1.807) is 32.2 Å². The maximum Gasteiger partial charge on any atom is 0.248 e. The first kappa shape index (κ1) is 20.6. The minimum atomic E-state index is -3.72. The van der Waals surface area contributed by atoms with Crippen LogP contribution in [-0.4, -0.2) is 49.0 Å². The molecule has 0 amide bonds. The highest BCUT2D eigenvalue weighted by Crippen LogP contribution is 2.32. The Morgan fingerprint density at radius 2 is 2.00 bits per heavy atom. The molecule has 0 bridgehead atoms. The van der Waals surface area contributed by atoms with Crippen molar-refractivity contribution in [2.45, 2.75) is 25.2 Å². The van der Waals surface area contributed by atoms with Crippen LogP contribution in [0.2, 0.25) is 5.02 Å². The highest BCUT2D eigenvalue weighted by Gasteiger charge is 2.32. The summed E-state index contributed by atoms with van der Waals surface area (Å²) in [7, 11) is -3.72. The fraction of sp³-hybridized carbons (Fsp3) is 0.350. The smallest absolute Gasteiger partial charge is 0.248 e. The molecule has 0 saturated carbocycles. The van der Waals surface area contributed by atoms with Gasteiger partial charge in [0, 0.05) is 42.8 Å². The Balaban J connectivity index is 1.69. The van der Waals surface area contributed by atoms with Crippen molar-refractivity contribution in [1.82, 2.24) is 14.4 Å². The lowest BCUT2D eigenvalue weighted by atomic mass is 10.1. The molecule has 0 N–H and O–H groups in total. The van der Waals surface area contributed by atoms with Crippen molar-refractivity contribution >= 4 is 38.2 Å². The van der Waals surface area contributed by atoms with Gasteiger partial charge in [-0.1, -0.05) is 16.8 Å². The zero-order valence-corrected chi connectivity index (χ0v) is 18.2. The third-order valence-electron chi connectivity index (χ3n) is 5.26. The molecule has 3 heterocycles. The number of hydrogen-bond acceptors (Lipinski definition) is 7. The topological polar surface area (TPSA) is 103 Å². The number of aryl methyl sites for hydroxylation is 2. The van der Waals surface area contributed by atoms with Gasteiger partial charge in [-0.2, -0.15) is 9.57 Å². The number of sulfonamides is 1. The minimum absolute atomic E-state index is 0.134. The zero-order chi connectivity index (χ0) is 21.5. The predicted octanol–water partition coefficient (Wildman–Crippen LogP) is 3.27. The van der Waals surface area contributed by atoms with Crippen LogP contribution in [0.25, 0.3) is 10.9 Å². The van der Waals surface area contributed by atoms with E-state index in [4.69, 9.17) is 16.1 Å². The van der Waals surface area contributed by atoms with Crippen molar-refractivity contribution < 1.29 is 12.9 Å². The summed E-state index contributed by atoms with van der Waals surface area (Å²) in [5.41, 5.74) is 2.27. The van der Waals surface area contributed by atoms with Crippen molar-refractivity contribution in [3.05, 3.63) is 46.4 Å². The number of nitriles is 1. The van der Waals surface area contributed by atoms with Crippen LogP contribution in [0.5, 0.6) is 0 Å². The number of rotatable bonds is 3. The molecule has 0 atom stereocenters. The highest BCUT2D eigenvalue weighted by molar-refractivity contribution is 7.89. The molecule has 10 heteroatoms. The summed E-state index contributed by atoms with van der Waals surface area (Å²) in [5, 5.41) is 14.8.